The van der Waals surface area contributed by atoms with E-state index in [1.54, 1.807) is 11.3 Å². The van der Waals surface area contributed by atoms with Gasteiger partial charge in [-0.15, -0.1) is 11.3 Å². The molecule has 0 fully saturated rings. The molecule has 0 aliphatic rings. The number of unbranched alkanes of at least 4 members (excludes halogenated alkanes) is 2. The lowest BCUT2D eigenvalue weighted by Crippen LogP contribution is -2.20. The number of ether oxygens (including phenoxy) is 1. The molecule has 3 aromatic rings. The third-order valence-electron chi connectivity index (χ3n) is 5.58. The maximum atomic E-state index is 11.0. The highest BCUT2D eigenvalue weighted by molar-refractivity contribution is 7.51. The topological polar surface area (TPSA) is 78.8 Å². The Morgan fingerprint density at radius 2 is 1.82 bits per heavy atom. The minimum atomic E-state index is -3.93. The highest BCUT2D eigenvalue weighted by Gasteiger charge is 2.14. The number of nitrogens with one attached hydrogen (secondary N) is 1. The van der Waals surface area contributed by atoms with E-state index in [0.29, 0.717) is 19.6 Å². The molecule has 1 unspecified atom stereocenters. The number of benzene rings is 2. The molecule has 1 aromatic heterocycles. The Kier molecular flexibility index (Phi) is 10.2. The third kappa shape index (κ3) is 9.07. The summed E-state index contributed by atoms with van der Waals surface area (Å²) in [5.74, 6) is 0.901. The van der Waals surface area contributed by atoms with E-state index < -0.39 is 7.60 Å². The van der Waals surface area contributed by atoms with Crippen molar-refractivity contribution in [2.24, 2.45) is 0 Å². The van der Waals surface area contributed by atoms with Crippen molar-refractivity contribution in [3.8, 4) is 16.2 Å². The molecule has 3 N–H and O–H groups in total. The molecule has 0 saturated heterocycles. The van der Waals surface area contributed by atoms with Gasteiger partial charge in [-0.25, -0.2) is 0 Å². The molecule has 0 radical (unpaired) electrons. The highest BCUT2D eigenvalue weighted by Crippen LogP contribution is 2.36. The maximum absolute atomic E-state index is 11.0. The van der Waals surface area contributed by atoms with E-state index in [0.717, 1.165) is 42.6 Å². The largest absolute Gasteiger partial charge is 0.493 e. The van der Waals surface area contributed by atoms with Gasteiger partial charge in [0.2, 0.25) is 0 Å². The van der Waals surface area contributed by atoms with Crippen LogP contribution in [-0.2, 0) is 11.0 Å². The van der Waals surface area contributed by atoms with Crippen LogP contribution in [0.25, 0.3) is 10.4 Å². The van der Waals surface area contributed by atoms with Gasteiger partial charge in [0.25, 0.3) is 0 Å². The molecular formula is C26H34NO4PS. The maximum Gasteiger partial charge on any atom is 0.325 e. The van der Waals surface area contributed by atoms with Crippen LogP contribution < -0.4 is 10.1 Å². The minimum Gasteiger partial charge on any atom is -0.493 e. The van der Waals surface area contributed by atoms with Gasteiger partial charge < -0.3 is 19.8 Å². The van der Waals surface area contributed by atoms with Crippen molar-refractivity contribution in [3.05, 3.63) is 77.2 Å². The van der Waals surface area contributed by atoms with Gasteiger partial charge in [-0.1, -0.05) is 42.5 Å². The Morgan fingerprint density at radius 1 is 1.00 bits per heavy atom. The van der Waals surface area contributed by atoms with Gasteiger partial charge in [0, 0.05) is 16.5 Å². The summed E-state index contributed by atoms with van der Waals surface area (Å²) >= 11 is 1.69. The molecule has 178 valence electrons. The van der Waals surface area contributed by atoms with Crippen LogP contribution in [0.1, 0.15) is 49.8 Å². The molecule has 5 nitrogen and oxygen atoms in total. The second-order valence-corrected chi connectivity index (χ2v) is 11.0. The Bertz CT molecular complexity index is 1000. The molecule has 2 aromatic carbocycles. The van der Waals surface area contributed by atoms with Gasteiger partial charge in [0.15, 0.2) is 0 Å². The third-order valence-corrected chi connectivity index (χ3v) is 7.38. The fraction of sp³-hybridized carbons (Fsp3) is 0.385. The summed E-state index contributed by atoms with van der Waals surface area (Å²) in [6.07, 6.45) is 4.78. The van der Waals surface area contributed by atoms with Gasteiger partial charge in [-0.05, 0) is 80.3 Å². The van der Waals surface area contributed by atoms with Crippen LogP contribution in [0, 0.1) is 0 Å². The Hall–Kier alpha value is -1.95. The first-order valence-corrected chi connectivity index (χ1v) is 14.2. The number of thiophene rings is 1. The zero-order chi connectivity index (χ0) is 23.5. The van der Waals surface area contributed by atoms with Crippen LogP contribution in [0.2, 0.25) is 0 Å². The van der Waals surface area contributed by atoms with Crippen molar-refractivity contribution in [3.63, 3.8) is 0 Å². The first-order valence-electron chi connectivity index (χ1n) is 11.5. The van der Waals surface area contributed by atoms with Crippen LogP contribution in [0.5, 0.6) is 5.75 Å². The number of hydrogen-bond acceptors (Lipinski definition) is 4. The molecule has 0 aliphatic carbocycles. The van der Waals surface area contributed by atoms with Gasteiger partial charge >= 0.3 is 7.60 Å². The fourth-order valence-electron chi connectivity index (χ4n) is 3.72. The molecule has 0 bridgehead atoms. The summed E-state index contributed by atoms with van der Waals surface area (Å²) in [5.41, 5.74) is 3.61. The summed E-state index contributed by atoms with van der Waals surface area (Å²) < 4.78 is 17.2. The Morgan fingerprint density at radius 3 is 2.55 bits per heavy atom. The first-order chi connectivity index (χ1) is 15.9. The molecule has 1 heterocycles. The summed E-state index contributed by atoms with van der Waals surface area (Å²) in [7, 11) is -3.93. The molecule has 0 amide bonds. The van der Waals surface area contributed by atoms with Crippen LogP contribution in [0.15, 0.2) is 66.0 Å². The molecular weight excluding hydrogens is 453 g/mol. The van der Waals surface area contributed by atoms with Crippen molar-refractivity contribution in [2.45, 2.75) is 45.1 Å². The molecule has 1 atom stereocenters. The fourth-order valence-corrected chi connectivity index (χ4v) is 5.04. The lowest BCUT2D eigenvalue weighted by atomic mass is 10.0. The summed E-state index contributed by atoms with van der Waals surface area (Å²) in [6, 6.07) is 21.1. The number of hydrogen-bond donors (Lipinski definition) is 3. The average Bonchev–Trinajstić information content (AvgIpc) is 3.34. The SMILES string of the molecule is CC(NCCCP(=O)(O)O)c1ccc(OCCCCCc2ccccc2)c(-c2cccs2)c1. The highest BCUT2D eigenvalue weighted by atomic mass is 32.1. The zero-order valence-corrected chi connectivity index (χ0v) is 20.9. The molecule has 3 rings (SSSR count). The van der Waals surface area contributed by atoms with E-state index in [2.05, 4.69) is 66.2 Å². The number of aryl methyl sites for hydroxylation is 1. The monoisotopic (exact) mass is 487 g/mol. The lowest BCUT2D eigenvalue weighted by molar-refractivity contribution is 0.306. The quantitative estimate of drug-likeness (QED) is 0.180. The van der Waals surface area contributed by atoms with Crippen molar-refractivity contribution >= 4 is 18.9 Å². The second-order valence-electron chi connectivity index (χ2n) is 8.30. The molecule has 0 aliphatic heterocycles. The van der Waals surface area contributed by atoms with E-state index in [-0.39, 0.29) is 12.2 Å². The molecule has 0 saturated carbocycles. The standard InChI is InChI=1S/C26H34NO4PS/c1-21(27-16-9-18-32(28,29)30)23-14-15-25(24(20-23)26-13-8-19-33-26)31-17-7-3-6-12-22-10-4-2-5-11-22/h2,4-5,8,10-11,13-15,19-21,27H,3,6-7,9,12,16-18H2,1H3,(H2,28,29,30). The molecule has 7 heteroatoms. The Balaban J connectivity index is 1.52. The second kappa shape index (κ2) is 13.1. The normalized spacial score (nSPS) is 12.6. The van der Waals surface area contributed by atoms with Crippen LogP contribution in [0.4, 0.5) is 0 Å². The first kappa shape index (κ1) is 25.7. The van der Waals surface area contributed by atoms with E-state index in [4.69, 9.17) is 14.5 Å². The van der Waals surface area contributed by atoms with Crippen LogP contribution in [0.3, 0.4) is 0 Å². The minimum absolute atomic E-state index is 0.0764. The summed E-state index contributed by atoms with van der Waals surface area (Å²) in [6.45, 7) is 3.32. The zero-order valence-electron chi connectivity index (χ0n) is 19.2. The molecule has 33 heavy (non-hydrogen) atoms. The van der Waals surface area contributed by atoms with Crippen molar-refractivity contribution in [1.29, 1.82) is 0 Å². The summed E-state index contributed by atoms with van der Waals surface area (Å²) in [5, 5.41) is 5.43. The van der Waals surface area contributed by atoms with Crippen molar-refractivity contribution < 1.29 is 19.1 Å². The van der Waals surface area contributed by atoms with Gasteiger partial charge in [-0.3, -0.25) is 4.57 Å². The predicted octanol–water partition coefficient (Wildman–Crippen LogP) is 6.43. The van der Waals surface area contributed by atoms with Gasteiger partial charge in [0.1, 0.15) is 5.75 Å². The predicted molar refractivity (Wildman–Crippen MR) is 137 cm³/mol. The van der Waals surface area contributed by atoms with Gasteiger partial charge in [0.05, 0.1) is 12.8 Å². The lowest BCUT2D eigenvalue weighted by Gasteiger charge is -2.18. The smallest absolute Gasteiger partial charge is 0.325 e. The van der Waals surface area contributed by atoms with Gasteiger partial charge in [-0.2, -0.15) is 0 Å². The average molecular weight is 488 g/mol. The van der Waals surface area contributed by atoms with E-state index in [1.807, 2.05) is 12.1 Å². The number of rotatable bonds is 14. The van der Waals surface area contributed by atoms with E-state index >= 15 is 0 Å². The van der Waals surface area contributed by atoms with Crippen LogP contribution >= 0.6 is 18.9 Å². The Labute approximate surface area is 201 Å². The summed E-state index contributed by atoms with van der Waals surface area (Å²) in [4.78, 5) is 19.2. The van der Waals surface area contributed by atoms with E-state index in [1.165, 1.54) is 10.4 Å². The molecule has 0 spiro atoms. The van der Waals surface area contributed by atoms with E-state index in [9.17, 15) is 4.57 Å². The van der Waals surface area contributed by atoms with Crippen LogP contribution in [-0.4, -0.2) is 29.1 Å². The van der Waals surface area contributed by atoms with Crippen molar-refractivity contribution in [2.75, 3.05) is 19.3 Å². The van der Waals surface area contributed by atoms with Crippen molar-refractivity contribution in [1.82, 2.24) is 5.32 Å².